The highest BCUT2D eigenvalue weighted by Crippen LogP contribution is 2.26. The van der Waals surface area contributed by atoms with Crippen molar-refractivity contribution >= 4 is 21.9 Å². The predicted octanol–water partition coefficient (Wildman–Crippen LogP) is 2.98. The van der Waals surface area contributed by atoms with Crippen molar-refractivity contribution in [1.82, 2.24) is 9.21 Å². The number of hydrogen-bond donors (Lipinski definition) is 0. The molecule has 1 aliphatic heterocycles. The third kappa shape index (κ3) is 6.29. The molecule has 0 aromatic heterocycles. The standard InChI is InChI=1S/C23H34N2O5S/c1-18-6-10-20(11-7-18)24(2)22(26)17-30-23(27)16-19-8-12-21(13-9-19)31(28,29)25-14-4-3-5-15-25/h8-9,12-13,18,20H,3-7,10-11,14-17H2,1-2H3. The number of sulfonamides is 1. The van der Waals surface area contributed by atoms with Crippen LogP contribution in [-0.2, 0) is 30.8 Å². The van der Waals surface area contributed by atoms with Gasteiger partial charge in [-0.2, -0.15) is 4.31 Å². The van der Waals surface area contributed by atoms with Gasteiger partial charge in [-0.1, -0.05) is 25.5 Å². The Kier molecular flexibility index (Phi) is 8.11. The van der Waals surface area contributed by atoms with Gasteiger partial charge in [0.05, 0.1) is 11.3 Å². The first-order chi connectivity index (χ1) is 14.8. The minimum atomic E-state index is -3.49. The minimum absolute atomic E-state index is 0.00196. The molecule has 0 N–H and O–H groups in total. The number of rotatable bonds is 7. The average Bonchev–Trinajstić information content (AvgIpc) is 2.78. The summed E-state index contributed by atoms with van der Waals surface area (Å²) in [7, 11) is -1.71. The lowest BCUT2D eigenvalue weighted by molar-refractivity contribution is -0.152. The molecule has 1 aromatic rings. The summed E-state index contributed by atoms with van der Waals surface area (Å²) in [5.74, 6) is 0.0281. The van der Waals surface area contributed by atoms with Gasteiger partial charge in [-0.25, -0.2) is 8.42 Å². The van der Waals surface area contributed by atoms with Crippen LogP contribution in [0.4, 0.5) is 0 Å². The number of carbonyl (C=O) groups is 2. The Morgan fingerprint density at radius 1 is 1.03 bits per heavy atom. The Bertz CT molecular complexity index is 854. The number of piperidine rings is 1. The zero-order valence-electron chi connectivity index (χ0n) is 18.6. The maximum Gasteiger partial charge on any atom is 0.310 e. The second-order valence-corrected chi connectivity index (χ2v) is 10.8. The molecular formula is C23H34N2O5S. The van der Waals surface area contributed by atoms with Gasteiger partial charge >= 0.3 is 5.97 Å². The second-order valence-electron chi connectivity index (χ2n) is 8.86. The van der Waals surface area contributed by atoms with Crippen LogP contribution < -0.4 is 0 Å². The molecule has 1 amide bonds. The summed E-state index contributed by atoms with van der Waals surface area (Å²) < 4.78 is 32.1. The highest BCUT2D eigenvalue weighted by molar-refractivity contribution is 7.89. The Morgan fingerprint density at radius 3 is 2.26 bits per heavy atom. The van der Waals surface area contributed by atoms with E-state index in [4.69, 9.17) is 4.74 Å². The fourth-order valence-electron chi connectivity index (χ4n) is 4.33. The Balaban J connectivity index is 1.47. The topological polar surface area (TPSA) is 84.0 Å². The molecule has 8 heteroatoms. The number of hydrogen-bond acceptors (Lipinski definition) is 5. The molecule has 0 unspecified atom stereocenters. The molecule has 0 radical (unpaired) electrons. The van der Waals surface area contributed by atoms with Gasteiger partial charge in [0.1, 0.15) is 0 Å². The van der Waals surface area contributed by atoms with Crippen LogP contribution in [0.15, 0.2) is 29.2 Å². The average molecular weight is 451 g/mol. The van der Waals surface area contributed by atoms with E-state index in [1.54, 1.807) is 24.1 Å². The second kappa shape index (κ2) is 10.6. The van der Waals surface area contributed by atoms with Crippen molar-refractivity contribution in [3.63, 3.8) is 0 Å². The molecule has 0 spiro atoms. The minimum Gasteiger partial charge on any atom is -0.455 e. The number of carbonyl (C=O) groups excluding carboxylic acids is 2. The summed E-state index contributed by atoms with van der Waals surface area (Å²) in [4.78, 5) is 26.5. The quantitative estimate of drug-likeness (QED) is 0.597. The molecular weight excluding hydrogens is 416 g/mol. The van der Waals surface area contributed by atoms with E-state index in [1.165, 1.54) is 16.4 Å². The molecule has 3 rings (SSSR count). The molecule has 1 aliphatic carbocycles. The van der Waals surface area contributed by atoms with Crippen molar-refractivity contribution in [2.24, 2.45) is 5.92 Å². The molecule has 2 fully saturated rings. The van der Waals surface area contributed by atoms with Crippen molar-refractivity contribution < 1.29 is 22.7 Å². The van der Waals surface area contributed by atoms with Gasteiger partial charge in [0.15, 0.2) is 6.61 Å². The van der Waals surface area contributed by atoms with E-state index in [2.05, 4.69) is 6.92 Å². The Hall–Kier alpha value is -1.93. The van der Waals surface area contributed by atoms with Crippen LogP contribution in [0.2, 0.25) is 0 Å². The highest BCUT2D eigenvalue weighted by atomic mass is 32.2. The molecule has 1 heterocycles. The van der Waals surface area contributed by atoms with E-state index in [1.807, 2.05) is 0 Å². The van der Waals surface area contributed by atoms with Crippen molar-refractivity contribution in [2.45, 2.75) is 69.2 Å². The molecule has 2 aliphatic rings. The highest BCUT2D eigenvalue weighted by Gasteiger charge is 2.27. The summed E-state index contributed by atoms with van der Waals surface area (Å²) in [5.41, 5.74) is 0.657. The molecule has 31 heavy (non-hydrogen) atoms. The zero-order valence-corrected chi connectivity index (χ0v) is 19.4. The van der Waals surface area contributed by atoms with Crippen LogP contribution >= 0.6 is 0 Å². The smallest absolute Gasteiger partial charge is 0.310 e. The molecule has 172 valence electrons. The van der Waals surface area contributed by atoms with Crippen LogP contribution in [-0.4, -0.2) is 62.3 Å². The van der Waals surface area contributed by atoms with Gasteiger partial charge in [0.25, 0.3) is 5.91 Å². The van der Waals surface area contributed by atoms with E-state index in [-0.39, 0.29) is 29.9 Å². The number of nitrogens with zero attached hydrogens (tertiary/aromatic N) is 2. The molecule has 1 saturated heterocycles. The van der Waals surface area contributed by atoms with E-state index >= 15 is 0 Å². The van der Waals surface area contributed by atoms with Crippen molar-refractivity contribution in [3.8, 4) is 0 Å². The summed E-state index contributed by atoms with van der Waals surface area (Å²) in [6, 6.07) is 6.56. The van der Waals surface area contributed by atoms with E-state index in [0.717, 1.165) is 44.9 Å². The Morgan fingerprint density at radius 2 is 1.65 bits per heavy atom. The monoisotopic (exact) mass is 450 g/mol. The Labute approximate surface area is 185 Å². The fourth-order valence-corrected chi connectivity index (χ4v) is 5.85. The van der Waals surface area contributed by atoms with E-state index in [0.29, 0.717) is 24.6 Å². The number of ether oxygens (including phenoxy) is 1. The lowest BCUT2D eigenvalue weighted by Gasteiger charge is -2.33. The SMILES string of the molecule is CC1CCC(N(C)C(=O)COC(=O)Cc2ccc(S(=O)(=O)N3CCCCC3)cc2)CC1. The normalized spacial score (nSPS) is 22.6. The van der Waals surface area contributed by atoms with Gasteiger partial charge < -0.3 is 9.64 Å². The van der Waals surface area contributed by atoms with Crippen LogP contribution in [0.1, 0.15) is 57.4 Å². The van der Waals surface area contributed by atoms with E-state index < -0.39 is 16.0 Å². The van der Waals surface area contributed by atoms with Gasteiger partial charge in [-0.3, -0.25) is 9.59 Å². The number of esters is 1. The van der Waals surface area contributed by atoms with Gasteiger partial charge in [0.2, 0.25) is 10.0 Å². The maximum atomic E-state index is 12.7. The summed E-state index contributed by atoms with van der Waals surface area (Å²) >= 11 is 0. The summed E-state index contributed by atoms with van der Waals surface area (Å²) in [6.07, 6.45) is 7.05. The number of amides is 1. The van der Waals surface area contributed by atoms with Gasteiger partial charge in [0, 0.05) is 26.2 Å². The van der Waals surface area contributed by atoms with Crippen LogP contribution in [0.25, 0.3) is 0 Å². The number of likely N-dealkylation sites (N-methyl/N-ethyl adjacent to an activating group) is 1. The van der Waals surface area contributed by atoms with E-state index in [9.17, 15) is 18.0 Å². The van der Waals surface area contributed by atoms with Crippen molar-refractivity contribution in [3.05, 3.63) is 29.8 Å². The summed E-state index contributed by atoms with van der Waals surface area (Å²) in [6.45, 7) is 3.08. The first-order valence-electron chi connectivity index (χ1n) is 11.3. The molecule has 7 nitrogen and oxygen atoms in total. The molecule has 0 atom stereocenters. The van der Waals surface area contributed by atoms with Crippen LogP contribution in [0.3, 0.4) is 0 Å². The maximum absolute atomic E-state index is 12.7. The summed E-state index contributed by atoms with van der Waals surface area (Å²) in [5, 5.41) is 0. The third-order valence-electron chi connectivity index (χ3n) is 6.51. The predicted molar refractivity (Wildman–Crippen MR) is 118 cm³/mol. The van der Waals surface area contributed by atoms with Crippen LogP contribution in [0, 0.1) is 5.92 Å². The number of benzene rings is 1. The van der Waals surface area contributed by atoms with Crippen molar-refractivity contribution in [1.29, 1.82) is 0 Å². The first-order valence-corrected chi connectivity index (χ1v) is 12.7. The van der Waals surface area contributed by atoms with Gasteiger partial charge in [-0.15, -0.1) is 0 Å². The van der Waals surface area contributed by atoms with Gasteiger partial charge in [-0.05, 0) is 62.1 Å². The first kappa shape index (κ1) is 23.7. The molecule has 1 saturated carbocycles. The molecule has 0 bridgehead atoms. The van der Waals surface area contributed by atoms with Crippen molar-refractivity contribution in [2.75, 3.05) is 26.7 Å². The molecule has 1 aromatic carbocycles. The largest absolute Gasteiger partial charge is 0.455 e. The lowest BCUT2D eigenvalue weighted by Crippen LogP contribution is -2.41. The lowest BCUT2D eigenvalue weighted by atomic mass is 9.87. The fraction of sp³-hybridized carbons (Fsp3) is 0.652. The third-order valence-corrected chi connectivity index (χ3v) is 8.42. The van der Waals surface area contributed by atoms with Crippen LogP contribution in [0.5, 0.6) is 0 Å². The zero-order chi connectivity index (χ0) is 22.4.